The van der Waals surface area contributed by atoms with Gasteiger partial charge in [-0.3, -0.25) is 0 Å². The summed E-state index contributed by atoms with van der Waals surface area (Å²) in [5.41, 5.74) is 7.29. The third-order valence-corrected chi connectivity index (χ3v) is 3.35. The quantitative estimate of drug-likeness (QED) is 0.777. The van der Waals surface area contributed by atoms with E-state index < -0.39 is 0 Å². The molecule has 3 unspecified atom stereocenters. The third kappa shape index (κ3) is 1.77. The first kappa shape index (κ1) is 9.59. The Bertz CT molecular complexity index is 286. The molecule has 1 aliphatic carbocycles. The number of hydrogen-bond donors (Lipinski definition) is 1. The highest BCUT2D eigenvalue weighted by molar-refractivity contribution is 5.10. The van der Waals surface area contributed by atoms with E-state index in [1.54, 1.807) is 6.33 Å². The molecule has 1 aromatic rings. The molecule has 0 aliphatic heterocycles. The summed E-state index contributed by atoms with van der Waals surface area (Å²) >= 11 is 0. The Hall–Kier alpha value is -0.960. The molecule has 14 heavy (non-hydrogen) atoms. The van der Waals surface area contributed by atoms with Gasteiger partial charge in [0.2, 0.25) is 0 Å². The molecule has 2 N–H and O–H groups in total. The Morgan fingerprint density at radius 2 is 2.07 bits per heavy atom. The predicted molar refractivity (Wildman–Crippen MR) is 55.5 cm³/mol. The van der Waals surface area contributed by atoms with Crippen LogP contribution in [0, 0.1) is 11.8 Å². The van der Waals surface area contributed by atoms with Gasteiger partial charge in [0.05, 0.1) is 0 Å². The summed E-state index contributed by atoms with van der Waals surface area (Å²) in [5.74, 6) is 1.35. The van der Waals surface area contributed by atoms with Crippen molar-refractivity contribution < 1.29 is 0 Å². The Balaban J connectivity index is 2.12. The minimum atomic E-state index is 0.119. The molecule has 1 aromatic heterocycles. The van der Waals surface area contributed by atoms with Crippen molar-refractivity contribution >= 4 is 0 Å². The zero-order valence-corrected chi connectivity index (χ0v) is 8.56. The maximum atomic E-state index is 6.21. The van der Waals surface area contributed by atoms with E-state index in [0.717, 1.165) is 11.5 Å². The zero-order valence-electron chi connectivity index (χ0n) is 8.56. The molecule has 1 aliphatic rings. The molecule has 1 fully saturated rings. The van der Waals surface area contributed by atoms with E-state index in [4.69, 9.17) is 5.73 Å². The molecule has 0 spiro atoms. The molecule has 0 saturated heterocycles. The first-order valence-electron chi connectivity index (χ1n) is 5.29. The molecular formula is C11H17N3. The monoisotopic (exact) mass is 191 g/mol. The van der Waals surface area contributed by atoms with E-state index >= 15 is 0 Å². The van der Waals surface area contributed by atoms with Crippen LogP contribution in [-0.2, 0) is 0 Å². The second-order valence-electron chi connectivity index (χ2n) is 4.27. The van der Waals surface area contributed by atoms with Crippen LogP contribution >= 0.6 is 0 Å². The van der Waals surface area contributed by atoms with Gasteiger partial charge in [-0.15, -0.1) is 0 Å². The summed E-state index contributed by atoms with van der Waals surface area (Å²) in [6, 6.07) is 0.119. The Kier molecular flexibility index (Phi) is 2.77. The lowest BCUT2D eigenvalue weighted by molar-refractivity contribution is 0.350. The highest BCUT2D eigenvalue weighted by atomic mass is 14.8. The van der Waals surface area contributed by atoms with Crippen LogP contribution in [0.3, 0.4) is 0 Å². The highest BCUT2D eigenvalue weighted by Crippen LogP contribution is 2.38. The van der Waals surface area contributed by atoms with Crippen molar-refractivity contribution in [2.24, 2.45) is 17.6 Å². The van der Waals surface area contributed by atoms with Crippen molar-refractivity contribution in [3.63, 3.8) is 0 Å². The standard InChI is InChI=1S/C11H17N3/c1-8-3-2-4-10(8)11(12)9-5-13-7-14-6-9/h5-8,10-11H,2-4,12H2,1H3. The molecule has 0 radical (unpaired) electrons. The maximum absolute atomic E-state index is 6.21. The number of nitrogens with two attached hydrogens (primary N) is 1. The zero-order chi connectivity index (χ0) is 9.97. The second kappa shape index (κ2) is 4.05. The summed E-state index contributed by atoms with van der Waals surface area (Å²) in [6.45, 7) is 2.29. The number of rotatable bonds is 2. The van der Waals surface area contributed by atoms with Gasteiger partial charge in [0.1, 0.15) is 6.33 Å². The second-order valence-corrected chi connectivity index (χ2v) is 4.27. The Morgan fingerprint density at radius 3 is 2.64 bits per heavy atom. The minimum absolute atomic E-state index is 0.119. The molecule has 3 atom stereocenters. The van der Waals surface area contributed by atoms with Crippen LogP contribution in [0.25, 0.3) is 0 Å². The fraction of sp³-hybridized carbons (Fsp3) is 0.636. The van der Waals surface area contributed by atoms with Gasteiger partial charge in [-0.25, -0.2) is 9.97 Å². The molecule has 3 nitrogen and oxygen atoms in total. The van der Waals surface area contributed by atoms with Crippen LogP contribution in [0.1, 0.15) is 37.8 Å². The molecule has 1 heterocycles. The summed E-state index contributed by atoms with van der Waals surface area (Å²) < 4.78 is 0. The van der Waals surface area contributed by atoms with Gasteiger partial charge in [0, 0.05) is 24.0 Å². The Morgan fingerprint density at radius 1 is 1.36 bits per heavy atom. The van der Waals surface area contributed by atoms with Crippen LogP contribution in [0.2, 0.25) is 0 Å². The lowest BCUT2D eigenvalue weighted by Crippen LogP contribution is -2.23. The van der Waals surface area contributed by atoms with Crippen molar-refractivity contribution in [1.82, 2.24) is 9.97 Å². The van der Waals surface area contributed by atoms with E-state index in [0.29, 0.717) is 5.92 Å². The van der Waals surface area contributed by atoms with E-state index in [-0.39, 0.29) is 6.04 Å². The first-order valence-corrected chi connectivity index (χ1v) is 5.29. The fourth-order valence-corrected chi connectivity index (χ4v) is 2.44. The largest absolute Gasteiger partial charge is 0.324 e. The lowest BCUT2D eigenvalue weighted by atomic mass is 9.88. The summed E-state index contributed by atoms with van der Waals surface area (Å²) in [5, 5.41) is 0. The SMILES string of the molecule is CC1CCCC1C(N)c1cncnc1. The highest BCUT2D eigenvalue weighted by Gasteiger charge is 2.29. The van der Waals surface area contributed by atoms with E-state index in [1.165, 1.54) is 19.3 Å². The molecule has 1 saturated carbocycles. The normalized spacial score (nSPS) is 29.0. The van der Waals surface area contributed by atoms with E-state index in [9.17, 15) is 0 Å². The van der Waals surface area contributed by atoms with Crippen LogP contribution in [-0.4, -0.2) is 9.97 Å². The van der Waals surface area contributed by atoms with Gasteiger partial charge in [-0.2, -0.15) is 0 Å². The maximum Gasteiger partial charge on any atom is 0.115 e. The van der Waals surface area contributed by atoms with Gasteiger partial charge < -0.3 is 5.73 Å². The summed E-state index contributed by atoms with van der Waals surface area (Å²) in [6.07, 6.45) is 9.09. The Labute approximate surface area is 84.8 Å². The number of nitrogens with zero attached hydrogens (tertiary/aromatic N) is 2. The van der Waals surface area contributed by atoms with Crippen LogP contribution < -0.4 is 5.73 Å². The number of hydrogen-bond acceptors (Lipinski definition) is 3. The van der Waals surface area contributed by atoms with Gasteiger partial charge in [-0.05, 0) is 18.3 Å². The van der Waals surface area contributed by atoms with E-state index in [2.05, 4.69) is 16.9 Å². The van der Waals surface area contributed by atoms with Crippen LogP contribution in [0.5, 0.6) is 0 Å². The van der Waals surface area contributed by atoms with Crippen LogP contribution in [0.15, 0.2) is 18.7 Å². The van der Waals surface area contributed by atoms with Crippen molar-refractivity contribution in [3.05, 3.63) is 24.3 Å². The molecule has 0 bridgehead atoms. The van der Waals surface area contributed by atoms with Crippen molar-refractivity contribution in [3.8, 4) is 0 Å². The van der Waals surface area contributed by atoms with Crippen molar-refractivity contribution in [1.29, 1.82) is 0 Å². The predicted octanol–water partition coefficient (Wildman–Crippen LogP) is 1.91. The van der Waals surface area contributed by atoms with Crippen molar-refractivity contribution in [2.75, 3.05) is 0 Å². The van der Waals surface area contributed by atoms with Gasteiger partial charge in [-0.1, -0.05) is 19.8 Å². The fourth-order valence-electron chi connectivity index (χ4n) is 2.44. The van der Waals surface area contributed by atoms with Gasteiger partial charge in [0.25, 0.3) is 0 Å². The smallest absolute Gasteiger partial charge is 0.115 e. The lowest BCUT2D eigenvalue weighted by Gasteiger charge is -2.22. The van der Waals surface area contributed by atoms with Gasteiger partial charge >= 0.3 is 0 Å². The van der Waals surface area contributed by atoms with Crippen LogP contribution in [0.4, 0.5) is 0 Å². The third-order valence-electron chi connectivity index (χ3n) is 3.35. The molecule has 0 amide bonds. The number of aromatic nitrogens is 2. The molecule has 0 aromatic carbocycles. The molecule has 3 heteroatoms. The minimum Gasteiger partial charge on any atom is -0.324 e. The van der Waals surface area contributed by atoms with E-state index in [1.807, 2.05) is 12.4 Å². The van der Waals surface area contributed by atoms with Crippen molar-refractivity contribution in [2.45, 2.75) is 32.2 Å². The molecule has 76 valence electrons. The van der Waals surface area contributed by atoms with Gasteiger partial charge in [0.15, 0.2) is 0 Å². The molecule has 2 rings (SSSR count). The summed E-state index contributed by atoms with van der Waals surface area (Å²) in [7, 11) is 0. The summed E-state index contributed by atoms with van der Waals surface area (Å²) in [4.78, 5) is 8.02. The first-order chi connectivity index (χ1) is 6.79. The molecular weight excluding hydrogens is 174 g/mol. The average Bonchev–Trinajstić information content (AvgIpc) is 2.65. The average molecular weight is 191 g/mol. The topological polar surface area (TPSA) is 51.8 Å².